The van der Waals surface area contributed by atoms with Crippen LogP contribution >= 0.6 is 0 Å². The Hall–Kier alpha value is -0.930. The number of carbonyl (C=O) groups is 2. The fourth-order valence-corrected chi connectivity index (χ4v) is 2.86. The van der Waals surface area contributed by atoms with E-state index in [2.05, 4.69) is 5.32 Å². The number of halogens is 1. The van der Waals surface area contributed by atoms with Gasteiger partial charge in [-0.2, -0.15) is 0 Å². The summed E-state index contributed by atoms with van der Waals surface area (Å²) < 4.78 is 13.8. The molecule has 4 heteroatoms. The maximum atomic E-state index is 13.8. The number of carbonyl (C=O) groups excluding carboxylic acids is 2. The molecule has 0 aliphatic heterocycles. The molecule has 2 aliphatic rings. The first kappa shape index (κ1) is 14.5. The Bertz CT molecular complexity index is 357. The van der Waals surface area contributed by atoms with Crippen molar-refractivity contribution in [3.8, 4) is 0 Å². The van der Waals surface area contributed by atoms with E-state index in [-0.39, 0.29) is 17.6 Å². The summed E-state index contributed by atoms with van der Waals surface area (Å²) >= 11 is 0. The third-order valence-corrected chi connectivity index (χ3v) is 4.38. The summed E-state index contributed by atoms with van der Waals surface area (Å²) in [5, 5.41) is 2.71. The number of ketones is 1. The lowest BCUT2D eigenvalue weighted by atomic mass is 9.80. The number of hydrogen-bond acceptors (Lipinski definition) is 2. The molecule has 0 spiro atoms. The molecule has 2 aliphatic carbocycles. The monoisotopic (exact) mass is 269 g/mol. The standard InChI is InChI=1S/C15H24FNO2/c1-10(2)13(18)12(11-6-4-3-5-7-11)17-14(19)15(16)8-9-15/h10-12H,3-9H2,1-2H3,(H,17,19)/t12-/m1/s1. The predicted molar refractivity (Wildman–Crippen MR) is 71.4 cm³/mol. The Morgan fingerprint density at radius 1 is 1.16 bits per heavy atom. The summed E-state index contributed by atoms with van der Waals surface area (Å²) in [5.74, 6) is -0.460. The number of alkyl halides is 1. The number of nitrogens with one attached hydrogen (secondary N) is 1. The maximum absolute atomic E-state index is 13.8. The van der Waals surface area contributed by atoms with Crippen LogP contribution in [0.3, 0.4) is 0 Å². The Morgan fingerprint density at radius 2 is 1.74 bits per heavy atom. The molecule has 108 valence electrons. The summed E-state index contributed by atoms with van der Waals surface area (Å²) in [7, 11) is 0. The third-order valence-electron chi connectivity index (χ3n) is 4.38. The number of Topliss-reactive ketones (excluding diaryl/α,β-unsaturated/α-hetero) is 1. The molecule has 3 nitrogen and oxygen atoms in total. The summed E-state index contributed by atoms with van der Waals surface area (Å²) in [4.78, 5) is 24.2. The molecular formula is C15H24FNO2. The lowest BCUT2D eigenvalue weighted by molar-refractivity contribution is -0.134. The van der Waals surface area contributed by atoms with Crippen LogP contribution < -0.4 is 5.32 Å². The van der Waals surface area contributed by atoms with Gasteiger partial charge < -0.3 is 5.32 Å². The van der Waals surface area contributed by atoms with Crippen LogP contribution in [0.5, 0.6) is 0 Å². The van der Waals surface area contributed by atoms with Gasteiger partial charge in [0.1, 0.15) is 0 Å². The minimum atomic E-state index is -1.69. The molecular weight excluding hydrogens is 245 g/mol. The van der Waals surface area contributed by atoms with Gasteiger partial charge in [-0.05, 0) is 31.6 Å². The second-order valence-electron chi connectivity index (χ2n) is 6.37. The molecule has 0 aromatic heterocycles. The maximum Gasteiger partial charge on any atom is 0.258 e. The molecule has 0 aromatic carbocycles. The summed E-state index contributed by atoms with van der Waals surface area (Å²) in [6.45, 7) is 3.68. The van der Waals surface area contributed by atoms with Gasteiger partial charge in [-0.1, -0.05) is 33.1 Å². The van der Waals surface area contributed by atoms with E-state index in [1.165, 1.54) is 6.42 Å². The highest BCUT2D eigenvalue weighted by Gasteiger charge is 2.52. The van der Waals surface area contributed by atoms with Crippen LogP contribution in [0.25, 0.3) is 0 Å². The van der Waals surface area contributed by atoms with Gasteiger partial charge in [-0.15, -0.1) is 0 Å². The lowest BCUT2D eigenvalue weighted by Crippen LogP contribution is -2.50. The van der Waals surface area contributed by atoms with E-state index in [1.807, 2.05) is 13.8 Å². The second kappa shape index (κ2) is 5.59. The first-order valence-corrected chi connectivity index (χ1v) is 7.47. The van der Waals surface area contributed by atoms with Crippen molar-refractivity contribution in [1.82, 2.24) is 5.32 Å². The zero-order valence-corrected chi connectivity index (χ0v) is 11.9. The molecule has 0 unspecified atom stereocenters. The summed E-state index contributed by atoms with van der Waals surface area (Å²) in [5.41, 5.74) is -1.69. The molecule has 1 atom stereocenters. The van der Waals surface area contributed by atoms with Gasteiger partial charge in [0.05, 0.1) is 6.04 Å². The van der Waals surface area contributed by atoms with Crippen molar-refractivity contribution in [2.45, 2.75) is 70.5 Å². The van der Waals surface area contributed by atoms with E-state index in [0.29, 0.717) is 12.8 Å². The van der Waals surface area contributed by atoms with Crippen LogP contribution in [0.1, 0.15) is 58.8 Å². The largest absolute Gasteiger partial charge is 0.343 e. The Kier molecular flexibility index (Phi) is 4.26. The van der Waals surface area contributed by atoms with Crippen molar-refractivity contribution in [3.05, 3.63) is 0 Å². The van der Waals surface area contributed by atoms with E-state index in [1.54, 1.807) is 0 Å². The molecule has 1 amide bonds. The SMILES string of the molecule is CC(C)C(=O)[C@H](NC(=O)C1(F)CC1)C1CCCCC1. The van der Waals surface area contributed by atoms with Crippen molar-refractivity contribution < 1.29 is 14.0 Å². The van der Waals surface area contributed by atoms with Crippen LogP contribution in [-0.4, -0.2) is 23.4 Å². The normalized spacial score (nSPS) is 24.0. The first-order valence-electron chi connectivity index (χ1n) is 7.47. The van der Waals surface area contributed by atoms with Crippen molar-refractivity contribution in [2.75, 3.05) is 0 Å². The van der Waals surface area contributed by atoms with E-state index in [4.69, 9.17) is 0 Å². The van der Waals surface area contributed by atoms with Gasteiger partial charge in [-0.3, -0.25) is 9.59 Å². The van der Waals surface area contributed by atoms with Crippen LogP contribution in [0.4, 0.5) is 4.39 Å². The molecule has 2 fully saturated rings. The van der Waals surface area contributed by atoms with E-state index in [9.17, 15) is 14.0 Å². The smallest absolute Gasteiger partial charge is 0.258 e. The van der Waals surface area contributed by atoms with Crippen molar-refractivity contribution in [2.24, 2.45) is 11.8 Å². The minimum absolute atomic E-state index is 0.0458. The zero-order chi connectivity index (χ0) is 14.0. The fraction of sp³-hybridized carbons (Fsp3) is 0.867. The van der Waals surface area contributed by atoms with Crippen molar-refractivity contribution in [1.29, 1.82) is 0 Å². The van der Waals surface area contributed by atoms with E-state index < -0.39 is 17.6 Å². The average Bonchev–Trinajstić information content (AvgIpc) is 3.15. The van der Waals surface area contributed by atoms with Crippen molar-refractivity contribution in [3.63, 3.8) is 0 Å². The molecule has 0 bridgehead atoms. The highest BCUT2D eigenvalue weighted by molar-refractivity contribution is 5.94. The van der Waals surface area contributed by atoms with E-state index >= 15 is 0 Å². The molecule has 2 saturated carbocycles. The molecule has 0 aromatic rings. The molecule has 1 N–H and O–H groups in total. The van der Waals surface area contributed by atoms with Gasteiger partial charge in [0, 0.05) is 5.92 Å². The van der Waals surface area contributed by atoms with Crippen LogP contribution in [0.2, 0.25) is 0 Å². The van der Waals surface area contributed by atoms with Gasteiger partial charge in [-0.25, -0.2) is 4.39 Å². The zero-order valence-electron chi connectivity index (χ0n) is 11.9. The van der Waals surface area contributed by atoms with Crippen LogP contribution in [0, 0.1) is 11.8 Å². The quantitative estimate of drug-likeness (QED) is 0.834. The Balaban J connectivity index is 2.04. The van der Waals surface area contributed by atoms with Gasteiger partial charge in [0.15, 0.2) is 11.5 Å². The van der Waals surface area contributed by atoms with E-state index in [0.717, 1.165) is 25.7 Å². The number of amides is 1. The van der Waals surface area contributed by atoms with Gasteiger partial charge >= 0.3 is 0 Å². The topological polar surface area (TPSA) is 46.2 Å². The van der Waals surface area contributed by atoms with Crippen LogP contribution in [0.15, 0.2) is 0 Å². The van der Waals surface area contributed by atoms with Gasteiger partial charge in [0.2, 0.25) is 0 Å². The first-order chi connectivity index (χ1) is 8.94. The van der Waals surface area contributed by atoms with Gasteiger partial charge in [0.25, 0.3) is 5.91 Å². The molecule has 19 heavy (non-hydrogen) atoms. The lowest BCUT2D eigenvalue weighted by Gasteiger charge is -2.31. The fourth-order valence-electron chi connectivity index (χ4n) is 2.86. The molecule has 2 rings (SSSR count). The third kappa shape index (κ3) is 3.34. The molecule has 0 saturated heterocycles. The predicted octanol–water partition coefficient (Wildman–Crippen LogP) is 2.78. The highest BCUT2D eigenvalue weighted by Crippen LogP contribution is 2.40. The second-order valence-corrected chi connectivity index (χ2v) is 6.37. The Morgan fingerprint density at radius 3 is 2.21 bits per heavy atom. The minimum Gasteiger partial charge on any atom is -0.343 e. The number of hydrogen-bond donors (Lipinski definition) is 1. The van der Waals surface area contributed by atoms with Crippen LogP contribution in [-0.2, 0) is 9.59 Å². The number of rotatable bonds is 5. The highest BCUT2D eigenvalue weighted by atomic mass is 19.1. The molecule has 0 heterocycles. The molecule has 0 radical (unpaired) electrons. The average molecular weight is 269 g/mol. The summed E-state index contributed by atoms with van der Waals surface area (Å²) in [6, 6.07) is -0.485. The summed E-state index contributed by atoms with van der Waals surface area (Å²) in [6.07, 6.45) is 5.91. The Labute approximate surface area is 114 Å². The van der Waals surface area contributed by atoms with Crippen molar-refractivity contribution >= 4 is 11.7 Å².